The number of hydrogen-bond donors (Lipinski definition) is 1. The SMILES string of the molecule is CC(C)(C)CCNC#N. The van der Waals surface area contributed by atoms with Crippen LogP contribution >= 0.6 is 0 Å². The van der Waals surface area contributed by atoms with Crippen LogP contribution in [0.4, 0.5) is 0 Å². The highest BCUT2D eigenvalue weighted by Gasteiger charge is 2.07. The molecule has 0 unspecified atom stereocenters. The summed E-state index contributed by atoms with van der Waals surface area (Å²) >= 11 is 0. The van der Waals surface area contributed by atoms with Crippen molar-refractivity contribution in [3.63, 3.8) is 0 Å². The van der Waals surface area contributed by atoms with E-state index in [0.717, 1.165) is 13.0 Å². The minimum Gasteiger partial charge on any atom is -0.324 e. The van der Waals surface area contributed by atoms with Crippen molar-refractivity contribution in [1.82, 2.24) is 5.32 Å². The van der Waals surface area contributed by atoms with E-state index in [9.17, 15) is 0 Å². The third kappa shape index (κ3) is 7.29. The predicted molar refractivity (Wildman–Crippen MR) is 37.7 cm³/mol. The summed E-state index contributed by atoms with van der Waals surface area (Å²) in [6.45, 7) is 7.27. The number of nitriles is 1. The Balaban J connectivity index is 3.20. The van der Waals surface area contributed by atoms with Gasteiger partial charge in [0.25, 0.3) is 0 Å². The van der Waals surface area contributed by atoms with E-state index in [1.54, 1.807) is 0 Å². The average molecular weight is 126 g/mol. The van der Waals surface area contributed by atoms with E-state index in [0.29, 0.717) is 5.41 Å². The summed E-state index contributed by atoms with van der Waals surface area (Å²) < 4.78 is 0. The molecule has 0 rings (SSSR count). The number of hydrogen-bond acceptors (Lipinski definition) is 2. The standard InChI is InChI=1S/C7H14N2/c1-7(2,3)4-5-9-6-8/h9H,4-5H2,1-3H3. The van der Waals surface area contributed by atoms with Crippen LogP contribution in [0.2, 0.25) is 0 Å². The molecule has 0 bridgehead atoms. The molecule has 0 aliphatic heterocycles. The summed E-state index contributed by atoms with van der Waals surface area (Å²) in [7, 11) is 0. The summed E-state index contributed by atoms with van der Waals surface area (Å²) in [5.41, 5.74) is 0.337. The van der Waals surface area contributed by atoms with Crippen LogP contribution in [0.5, 0.6) is 0 Å². The molecular weight excluding hydrogens is 112 g/mol. The Morgan fingerprint density at radius 1 is 1.44 bits per heavy atom. The highest BCUT2D eigenvalue weighted by molar-refractivity contribution is 4.69. The van der Waals surface area contributed by atoms with Crippen molar-refractivity contribution < 1.29 is 0 Å². The van der Waals surface area contributed by atoms with Gasteiger partial charge < -0.3 is 5.32 Å². The van der Waals surface area contributed by atoms with E-state index >= 15 is 0 Å². The van der Waals surface area contributed by atoms with Crippen LogP contribution in [0.25, 0.3) is 0 Å². The van der Waals surface area contributed by atoms with Crippen LogP contribution in [0.1, 0.15) is 27.2 Å². The fourth-order valence-corrected chi connectivity index (χ4v) is 0.493. The third-order valence-corrected chi connectivity index (χ3v) is 1.08. The van der Waals surface area contributed by atoms with Gasteiger partial charge in [-0.25, -0.2) is 0 Å². The minimum absolute atomic E-state index is 0.337. The molecule has 1 N–H and O–H groups in total. The Hall–Kier alpha value is -0.710. The van der Waals surface area contributed by atoms with Crippen molar-refractivity contribution in [2.75, 3.05) is 6.54 Å². The maximum atomic E-state index is 8.10. The van der Waals surface area contributed by atoms with Crippen LogP contribution in [0, 0.1) is 16.9 Å². The second-order valence-corrected chi connectivity index (χ2v) is 3.35. The van der Waals surface area contributed by atoms with Crippen molar-refractivity contribution in [2.45, 2.75) is 27.2 Å². The molecule has 2 heteroatoms. The molecule has 0 aromatic heterocycles. The number of nitrogens with zero attached hydrogens (tertiary/aromatic N) is 1. The molecule has 0 aliphatic rings. The smallest absolute Gasteiger partial charge is 0.176 e. The molecule has 2 nitrogen and oxygen atoms in total. The topological polar surface area (TPSA) is 35.8 Å². The molecule has 0 spiro atoms. The second kappa shape index (κ2) is 3.34. The van der Waals surface area contributed by atoms with Crippen molar-refractivity contribution in [1.29, 1.82) is 5.26 Å². The normalized spacial score (nSPS) is 10.4. The zero-order valence-corrected chi connectivity index (χ0v) is 6.36. The molecular formula is C7H14N2. The first-order chi connectivity index (χ1) is 4.06. The van der Waals surface area contributed by atoms with Gasteiger partial charge in [0.15, 0.2) is 6.19 Å². The van der Waals surface area contributed by atoms with E-state index in [2.05, 4.69) is 26.1 Å². The summed E-state index contributed by atoms with van der Waals surface area (Å²) in [5, 5.41) is 10.7. The minimum atomic E-state index is 0.337. The lowest BCUT2D eigenvalue weighted by Crippen LogP contribution is -2.15. The van der Waals surface area contributed by atoms with Gasteiger partial charge in [-0.05, 0) is 11.8 Å². The lowest BCUT2D eigenvalue weighted by molar-refractivity contribution is 0.376. The van der Waals surface area contributed by atoms with Crippen LogP contribution in [0.3, 0.4) is 0 Å². The summed E-state index contributed by atoms with van der Waals surface area (Å²) in [6.07, 6.45) is 2.93. The lowest BCUT2D eigenvalue weighted by atomic mass is 9.92. The van der Waals surface area contributed by atoms with Crippen LogP contribution in [0.15, 0.2) is 0 Å². The van der Waals surface area contributed by atoms with E-state index in [1.807, 2.05) is 6.19 Å². The largest absolute Gasteiger partial charge is 0.324 e. The Bertz CT molecular complexity index is 105. The molecule has 52 valence electrons. The highest BCUT2D eigenvalue weighted by Crippen LogP contribution is 2.16. The first kappa shape index (κ1) is 8.29. The Morgan fingerprint density at radius 2 is 2.00 bits per heavy atom. The zero-order chi connectivity index (χ0) is 7.33. The molecule has 0 aromatic carbocycles. The van der Waals surface area contributed by atoms with E-state index in [-0.39, 0.29) is 0 Å². The molecule has 0 saturated heterocycles. The fraction of sp³-hybridized carbons (Fsp3) is 0.857. The lowest BCUT2D eigenvalue weighted by Gasteiger charge is -2.16. The Labute approximate surface area is 56.9 Å². The first-order valence-electron chi connectivity index (χ1n) is 3.18. The van der Waals surface area contributed by atoms with Gasteiger partial charge in [0, 0.05) is 6.54 Å². The summed E-state index contributed by atoms with van der Waals surface area (Å²) in [6, 6.07) is 0. The van der Waals surface area contributed by atoms with E-state index < -0.39 is 0 Å². The Morgan fingerprint density at radius 3 is 2.33 bits per heavy atom. The van der Waals surface area contributed by atoms with Gasteiger partial charge in [0.05, 0.1) is 0 Å². The van der Waals surface area contributed by atoms with Crippen molar-refractivity contribution >= 4 is 0 Å². The van der Waals surface area contributed by atoms with Crippen molar-refractivity contribution in [2.24, 2.45) is 5.41 Å². The van der Waals surface area contributed by atoms with Crippen LogP contribution < -0.4 is 5.32 Å². The highest BCUT2D eigenvalue weighted by atomic mass is 14.8. The van der Waals surface area contributed by atoms with Gasteiger partial charge in [-0.15, -0.1) is 0 Å². The van der Waals surface area contributed by atoms with Crippen molar-refractivity contribution in [3.05, 3.63) is 0 Å². The number of nitrogens with one attached hydrogen (secondary N) is 1. The maximum Gasteiger partial charge on any atom is 0.176 e. The molecule has 0 heterocycles. The zero-order valence-electron chi connectivity index (χ0n) is 6.36. The van der Waals surface area contributed by atoms with Gasteiger partial charge in [-0.2, -0.15) is 5.26 Å². The predicted octanol–water partition coefficient (Wildman–Crippen LogP) is 1.49. The quantitative estimate of drug-likeness (QED) is 0.345. The second-order valence-electron chi connectivity index (χ2n) is 3.35. The fourth-order valence-electron chi connectivity index (χ4n) is 0.493. The van der Waals surface area contributed by atoms with E-state index in [4.69, 9.17) is 5.26 Å². The molecule has 0 aromatic rings. The first-order valence-corrected chi connectivity index (χ1v) is 3.18. The van der Waals surface area contributed by atoms with Gasteiger partial charge in [0.2, 0.25) is 0 Å². The molecule has 9 heavy (non-hydrogen) atoms. The van der Waals surface area contributed by atoms with Crippen LogP contribution in [-0.4, -0.2) is 6.54 Å². The molecule has 0 saturated carbocycles. The summed E-state index contributed by atoms with van der Waals surface area (Å²) in [5.74, 6) is 0. The average Bonchev–Trinajstić information content (AvgIpc) is 1.63. The third-order valence-electron chi connectivity index (χ3n) is 1.08. The van der Waals surface area contributed by atoms with E-state index in [1.165, 1.54) is 0 Å². The molecule has 0 amide bonds. The summed E-state index contributed by atoms with van der Waals surface area (Å²) in [4.78, 5) is 0. The van der Waals surface area contributed by atoms with Gasteiger partial charge in [0.1, 0.15) is 0 Å². The molecule has 0 fully saturated rings. The van der Waals surface area contributed by atoms with Gasteiger partial charge in [-0.3, -0.25) is 0 Å². The Kier molecular flexibility index (Phi) is 3.08. The molecule has 0 atom stereocenters. The van der Waals surface area contributed by atoms with Gasteiger partial charge in [-0.1, -0.05) is 20.8 Å². The molecule has 0 aliphatic carbocycles. The number of rotatable bonds is 2. The monoisotopic (exact) mass is 126 g/mol. The van der Waals surface area contributed by atoms with Crippen molar-refractivity contribution in [3.8, 4) is 6.19 Å². The van der Waals surface area contributed by atoms with Crippen LogP contribution in [-0.2, 0) is 0 Å². The maximum absolute atomic E-state index is 8.10. The van der Waals surface area contributed by atoms with Gasteiger partial charge >= 0.3 is 0 Å². The molecule has 0 radical (unpaired) electrons.